The Morgan fingerprint density at radius 3 is 2.60 bits per heavy atom. The molecule has 0 radical (unpaired) electrons. The maximum Gasteiger partial charge on any atom is 0.223 e. The van der Waals surface area contributed by atoms with E-state index in [1.807, 2.05) is 19.1 Å². The lowest BCUT2D eigenvalue weighted by Crippen LogP contribution is -2.38. The molecule has 1 aliphatic heterocycles. The molecule has 3 rings (SSSR count). The molecule has 1 saturated carbocycles. The molecule has 1 aliphatic carbocycles. The molecule has 1 aromatic rings. The first-order valence-electron chi connectivity index (χ1n) is 9.39. The minimum absolute atomic E-state index is 0.0309. The fourth-order valence-corrected chi connectivity index (χ4v) is 3.51. The van der Waals surface area contributed by atoms with Gasteiger partial charge in [0.2, 0.25) is 11.8 Å². The number of hydrogen-bond acceptors (Lipinski definition) is 4. The molecule has 0 aromatic carbocycles. The second-order valence-electron chi connectivity index (χ2n) is 7.37. The summed E-state index contributed by atoms with van der Waals surface area (Å²) in [6, 6.07) is 4.05. The van der Waals surface area contributed by atoms with Gasteiger partial charge in [0.15, 0.2) is 0 Å². The summed E-state index contributed by atoms with van der Waals surface area (Å²) >= 11 is 0. The highest BCUT2D eigenvalue weighted by Gasteiger charge is 2.38. The standard InChI is InChI=1S/C19H29N3O3/c1-13-11-15(13)19(24)20-8-7-18(23)21-12-16(22-9-3-4-10-22)17-6-5-14(2)25-17/h5-6,13,15-16H,3-4,7-12H2,1-2H3,(H,20,24)(H,21,23)/t13-,15-,16+/m1/s1. The molecule has 25 heavy (non-hydrogen) atoms. The van der Waals surface area contributed by atoms with Crippen molar-refractivity contribution < 1.29 is 14.0 Å². The molecule has 0 spiro atoms. The van der Waals surface area contributed by atoms with Gasteiger partial charge in [-0.25, -0.2) is 0 Å². The Hall–Kier alpha value is -1.82. The fourth-order valence-electron chi connectivity index (χ4n) is 3.51. The van der Waals surface area contributed by atoms with Gasteiger partial charge in [-0.1, -0.05) is 6.92 Å². The quantitative estimate of drug-likeness (QED) is 0.754. The summed E-state index contributed by atoms with van der Waals surface area (Å²) in [5.74, 6) is 2.51. The Bertz CT molecular complexity index is 607. The van der Waals surface area contributed by atoms with E-state index in [2.05, 4.69) is 22.5 Å². The van der Waals surface area contributed by atoms with Crippen LogP contribution in [0.3, 0.4) is 0 Å². The summed E-state index contributed by atoms with van der Waals surface area (Å²) in [6.45, 7) is 7.03. The van der Waals surface area contributed by atoms with Crippen LogP contribution >= 0.6 is 0 Å². The third kappa shape index (κ3) is 4.84. The zero-order chi connectivity index (χ0) is 17.8. The van der Waals surface area contributed by atoms with Gasteiger partial charge in [0.1, 0.15) is 11.5 Å². The van der Waals surface area contributed by atoms with E-state index >= 15 is 0 Å². The number of amides is 2. The maximum absolute atomic E-state index is 12.1. The van der Waals surface area contributed by atoms with E-state index < -0.39 is 0 Å². The van der Waals surface area contributed by atoms with Gasteiger partial charge in [-0.3, -0.25) is 14.5 Å². The number of nitrogens with one attached hydrogen (secondary N) is 2. The molecule has 6 nitrogen and oxygen atoms in total. The van der Waals surface area contributed by atoms with Crippen LogP contribution in [0.1, 0.15) is 50.2 Å². The summed E-state index contributed by atoms with van der Waals surface area (Å²) < 4.78 is 5.80. The zero-order valence-corrected chi connectivity index (χ0v) is 15.2. The van der Waals surface area contributed by atoms with Crippen molar-refractivity contribution in [2.24, 2.45) is 11.8 Å². The molecule has 2 fully saturated rings. The molecule has 2 N–H and O–H groups in total. The van der Waals surface area contributed by atoms with Gasteiger partial charge in [-0.05, 0) is 57.3 Å². The highest BCUT2D eigenvalue weighted by molar-refractivity contribution is 5.82. The van der Waals surface area contributed by atoms with Crippen LogP contribution < -0.4 is 10.6 Å². The highest BCUT2D eigenvalue weighted by Crippen LogP contribution is 2.37. The van der Waals surface area contributed by atoms with Crippen LogP contribution in [-0.4, -0.2) is 42.9 Å². The van der Waals surface area contributed by atoms with E-state index in [4.69, 9.17) is 4.42 Å². The van der Waals surface area contributed by atoms with Crippen LogP contribution in [0.2, 0.25) is 0 Å². The molecule has 0 unspecified atom stereocenters. The van der Waals surface area contributed by atoms with Crippen molar-refractivity contribution >= 4 is 11.8 Å². The number of carbonyl (C=O) groups excluding carboxylic acids is 2. The number of aryl methyl sites for hydroxylation is 1. The van der Waals surface area contributed by atoms with Gasteiger partial charge < -0.3 is 15.1 Å². The van der Waals surface area contributed by atoms with Crippen LogP contribution in [0.25, 0.3) is 0 Å². The van der Waals surface area contributed by atoms with Crippen molar-refractivity contribution in [1.82, 2.24) is 15.5 Å². The molecular formula is C19H29N3O3. The number of furan rings is 1. The van der Waals surface area contributed by atoms with E-state index in [1.54, 1.807) is 0 Å². The molecule has 3 atom stereocenters. The van der Waals surface area contributed by atoms with Crippen LogP contribution in [-0.2, 0) is 9.59 Å². The molecule has 0 bridgehead atoms. The van der Waals surface area contributed by atoms with Crippen molar-refractivity contribution in [3.05, 3.63) is 23.7 Å². The minimum atomic E-state index is -0.0309. The Morgan fingerprint density at radius 1 is 1.28 bits per heavy atom. The monoisotopic (exact) mass is 347 g/mol. The Balaban J connectivity index is 1.43. The SMILES string of the molecule is Cc1ccc([C@H](CNC(=O)CCNC(=O)[C@@H]2C[C@H]2C)N2CCCC2)o1. The van der Waals surface area contributed by atoms with Crippen molar-refractivity contribution in [3.63, 3.8) is 0 Å². The lowest BCUT2D eigenvalue weighted by atomic mass is 10.2. The largest absolute Gasteiger partial charge is 0.465 e. The smallest absolute Gasteiger partial charge is 0.223 e. The topological polar surface area (TPSA) is 74.6 Å². The second-order valence-corrected chi connectivity index (χ2v) is 7.37. The number of likely N-dealkylation sites (tertiary alicyclic amines) is 1. The van der Waals surface area contributed by atoms with Crippen molar-refractivity contribution in [2.75, 3.05) is 26.2 Å². The van der Waals surface area contributed by atoms with Gasteiger partial charge in [0.25, 0.3) is 0 Å². The zero-order valence-electron chi connectivity index (χ0n) is 15.2. The highest BCUT2D eigenvalue weighted by atomic mass is 16.3. The molecule has 2 aliphatic rings. The average Bonchev–Trinajstić information content (AvgIpc) is 2.97. The summed E-state index contributed by atoms with van der Waals surface area (Å²) in [7, 11) is 0. The molecule has 2 heterocycles. The predicted molar refractivity (Wildman–Crippen MR) is 94.9 cm³/mol. The molecule has 1 aromatic heterocycles. The van der Waals surface area contributed by atoms with Crippen molar-refractivity contribution in [2.45, 2.75) is 45.6 Å². The van der Waals surface area contributed by atoms with Gasteiger partial charge >= 0.3 is 0 Å². The molecule has 6 heteroatoms. The van der Waals surface area contributed by atoms with E-state index in [1.165, 1.54) is 12.8 Å². The molecular weight excluding hydrogens is 318 g/mol. The summed E-state index contributed by atoms with van der Waals surface area (Å²) in [6.07, 6.45) is 3.67. The van der Waals surface area contributed by atoms with E-state index in [-0.39, 0.29) is 23.8 Å². The van der Waals surface area contributed by atoms with Crippen molar-refractivity contribution in [3.8, 4) is 0 Å². The first-order chi connectivity index (χ1) is 12.0. The first kappa shape index (κ1) is 18.0. The van der Waals surface area contributed by atoms with Gasteiger partial charge in [0, 0.05) is 25.4 Å². The van der Waals surface area contributed by atoms with E-state index in [0.717, 1.165) is 31.0 Å². The van der Waals surface area contributed by atoms with Gasteiger partial charge in [-0.2, -0.15) is 0 Å². The summed E-state index contributed by atoms with van der Waals surface area (Å²) in [4.78, 5) is 26.3. The summed E-state index contributed by atoms with van der Waals surface area (Å²) in [5, 5.41) is 5.86. The minimum Gasteiger partial charge on any atom is -0.465 e. The van der Waals surface area contributed by atoms with Crippen LogP contribution in [0.4, 0.5) is 0 Å². The van der Waals surface area contributed by atoms with E-state index in [0.29, 0.717) is 25.4 Å². The van der Waals surface area contributed by atoms with Gasteiger partial charge in [0.05, 0.1) is 6.04 Å². The third-order valence-electron chi connectivity index (χ3n) is 5.26. The Morgan fingerprint density at radius 2 is 2.00 bits per heavy atom. The van der Waals surface area contributed by atoms with E-state index in [9.17, 15) is 9.59 Å². The maximum atomic E-state index is 12.1. The molecule has 1 saturated heterocycles. The number of carbonyl (C=O) groups is 2. The fraction of sp³-hybridized carbons (Fsp3) is 0.684. The normalized spacial score (nSPS) is 24.1. The Kier molecular flexibility index (Phi) is 5.78. The lowest BCUT2D eigenvalue weighted by molar-refractivity contribution is -0.123. The summed E-state index contributed by atoms with van der Waals surface area (Å²) in [5.41, 5.74) is 0. The van der Waals surface area contributed by atoms with Crippen LogP contribution in [0.15, 0.2) is 16.5 Å². The Labute approximate surface area is 149 Å². The van der Waals surface area contributed by atoms with Gasteiger partial charge in [-0.15, -0.1) is 0 Å². The molecule has 2 amide bonds. The number of rotatable bonds is 8. The van der Waals surface area contributed by atoms with Crippen LogP contribution in [0, 0.1) is 18.8 Å². The second kappa shape index (κ2) is 8.04. The third-order valence-corrected chi connectivity index (χ3v) is 5.26. The predicted octanol–water partition coefficient (Wildman–Crippen LogP) is 2.00. The van der Waals surface area contributed by atoms with Crippen LogP contribution in [0.5, 0.6) is 0 Å². The number of nitrogens with zero attached hydrogens (tertiary/aromatic N) is 1. The lowest BCUT2D eigenvalue weighted by Gasteiger charge is -2.26. The number of hydrogen-bond donors (Lipinski definition) is 2. The molecule has 138 valence electrons. The first-order valence-corrected chi connectivity index (χ1v) is 9.39. The average molecular weight is 347 g/mol. The van der Waals surface area contributed by atoms with Crippen molar-refractivity contribution in [1.29, 1.82) is 0 Å².